The van der Waals surface area contributed by atoms with Crippen LogP contribution in [0.5, 0.6) is 0 Å². The molecule has 3 heterocycles. The minimum Gasteiger partial charge on any atom is -0.300 e. The fraction of sp³-hybridized carbons (Fsp3) is 0.0714. The Balaban J connectivity index is 2.12. The topological polar surface area (TPSA) is 48.5 Å². The van der Waals surface area contributed by atoms with E-state index in [4.69, 9.17) is 0 Å². The SMILES string of the molecule is C=Cc1ncn2c1Cn1ncnc1-c1ccccc1-2. The van der Waals surface area contributed by atoms with Crippen molar-refractivity contribution in [2.24, 2.45) is 0 Å². The lowest BCUT2D eigenvalue weighted by molar-refractivity contribution is 0.676. The maximum atomic E-state index is 4.40. The zero-order valence-corrected chi connectivity index (χ0v) is 10.2. The van der Waals surface area contributed by atoms with Gasteiger partial charge in [0.05, 0.1) is 23.6 Å². The third-order valence-electron chi connectivity index (χ3n) is 3.41. The summed E-state index contributed by atoms with van der Waals surface area (Å²) in [6.45, 7) is 4.46. The number of rotatable bonds is 1. The second kappa shape index (κ2) is 3.65. The van der Waals surface area contributed by atoms with Crippen molar-refractivity contribution >= 4 is 6.08 Å². The van der Waals surface area contributed by atoms with Crippen LogP contribution in [-0.4, -0.2) is 24.3 Å². The molecular weight excluding hydrogens is 238 g/mol. The lowest BCUT2D eigenvalue weighted by Crippen LogP contribution is -2.05. The Hall–Kier alpha value is -2.69. The Bertz CT molecular complexity index is 781. The summed E-state index contributed by atoms with van der Waals surface area (Å²) in [4.78, 5) is 8.77. The molecule has 4 rings (SSSR count). The van der Waals surface area contributed by atoms with Crippen molar-refractivity contribution in [2.75, 3.05) is 0 Å². The van der Waals surface area contributed by atoms with Crippen molar-refractivity contribution in [3.05, 3.63) is 54.9 Å². The number of hydrogen-bond acceptors (Lipinski definition) is 3. The summed E-state index contributed by atoms with van der Waals surface area (Å²) in [6, 6.07) is 8.15. The smallest absolute Gasteiger partial charge is 0.160 e. The summed E-state index contributed by atoms with van der Waals surface area (Å²) >= 11 is 0. The summed E-state index contributed by atoms with van der Waals surface area (Å²) in [7, 11) is 0. The van der Waals surface area contributed by atoms with Gasteiger partial charge in [0.25, 0.3) is 0 Å². The molecule has 0 aliphatic carbocycles. The zero-order valence-electron chi connectivity index (χ0n) is 10.2. The third-order valence-corrected chi connectivity index (χ3v) is 3.41. The predicted molar refractivity (Wildman–Crippen MR) is 71.8 cm³/mol. The van der Waals surface area contributed by atoms with E-state index in [1.807, 2.05) is 23.1 Å². The molecular formula is C14H11N5. The van der Waals surface area contributed by atoms with E-state index in [9.17, 15) is 0 Å². The molecule has 92 valence electrons. The van der Waals surface area contributed by atoms with Crippen LogP contribution < -0.4 is 0 Å². The van der Waals surface area contributed by atoms with Crippen molar-refractivity contribution in [3.63, 3.8) is 0 Å². The largest absolute Gasteiger partial charge is 0.300 e. The molecule has 0 amide bonds. The van der Waals surface area contributed by atoms with E-state index in [2.05, 4.69) is 38.3 Å². The van der Waals surface area contributed by atoms with Gasteiger partial charge in [0.15, 0.2) is 5.82 Å². The van der Waals surface area contributed by atoms with Gasteiger partial charge < -0.3 is 0 Å². The van der Waals surface area contributed by atoms with Crippen LogP contribution >= 0.6 is 0 Å². The first-order valence-corrected chi connectivity index (χ1v) is 6.04. The van der Waals surface area contributed by atoms with E-state index in [0.29, 0.717) is 6.54 Å². The van der Waals surface area contributed by atoms with Gasteiger partial charge in [-0.25, -0.2) is 14.6 Å². The first kappa shape index (κ1) is 10.3. The molecule has 0 saturated carbocycles. The van der Waals surface area contributed by atoms with E-state index in [0.717, 1.165) is 28.5 Å². The highest BCUT2D eigenvalue weighted by Gasteiger charge is 2.21. The fourth-order valence-electron chi connectivity index (χ4n) is 2.53. The number of imidazole rings is 1. The van der Waals surface area contributed by atoms with Crippen molar-refractivity contribution in [3.8, 4) is 17.1 Å². The van der Waals surface area contributed by atoms with Crippen LogP contribution in [0.4, 0.5) is 0 Å². The molecule has 0 fully saturated rings. The molecule has 3 aromatic rings. The van der Waals surface area contributed by atoms with Crippen LogP contribution in [0, 0.1) is 0 Å². The standard InChI is InChI=1S/C14H11N5/c1-2-11-13-7-19-14(15-8-17-19)10-5-3-4-6-12(10)18(13)9-16-11/h2-6,8-9H,1,7H2. The van der Waals surface area contributed by atoms with Crippen molar-refractivity contribution < 1.29 is 0 Å². The van der Waals surface area contributed by atoms with Gasteiger partial charge in [0, 0.05) is 5.56 Å². The Kier molecular flexibility index (Phi) is 1.97. The summed E-state index contributed by atoms with van der Waals surface area (Å²) in [5.41, 5.74) is 4.10. The highest BCUT2D eigenvalue weighted by Crippen LogP contribution is 2.30. The molecule has 1 aromatic carbocycles. The molecule has 1 aliphatic rings. The third kappa shape index (κ3) is 1.32. The van der Waals surface area contributed by atoms with Crippen LogP contribution in [0.25, 0.3) is 23.2 Å². The van der Waals surface area contributed by atoms with E-state index < -0.39 is 0 Å². The Morgan fingerprint density at radius 2 is 2.11 bits per heavy atom. The minimum atomic E-state index is 0.644. The quantitative estimate of drug-likeness (QED) is 0.519. The first-order valence-electron chi connectivity index (χ1n) is 6.04. The Morgan fingerprint density at radius 3 is 3.00 bits per heavy atom. The summed E-state index contributed by atoms with van der Waals surface area (Å²) in [5.74, 6) is 0.884. The van der Waals surface area contributed by atoms with Gasteiger partial charge in [-0.15, -0.1) is 0 Å². The number of hydrogen-bond donors (Lipinski definition) is 0. The van der Waals surface area contributed by atoms with Crippen LogP contribution in [0.15, 0.2) is 43.5 Å². The van der Waals surface area contributed by atoms with Crippen molar-refractivity contribution in [1.29, 1.82) is 0 Å². The average Bonchev–Trinajstić information content (AvgIpc) is 3.04. The highest BCUT2D eigenvalue weighted by molar-refractivity contribution is 5.69. The van der Waals surface area contributed by atoms with Gasteiger partial charge in [-0.05, 0) is 18.2 Å². The lowest BCUT2D eigenvalue weighted by atomic mass is 10.1. The fourth-order valence-corrected chi connectivity index (χ4v) is 2.53. The summed E-state index contributed by atoms with van der Waals surface area (Å²) < 4.78 is 3.98. The average molecular weight is 249 g/mol. The van der Waals surface area contributed by atoms with Crippen LogP contribution in [0.1, 0.15) is 11.4 Å². The Morgan fingerprint density at radius 1 is 1.21 bits per heavy atom. The van der Waals surface area contributed by atoms with E-state index in [-0.39, 0.29) is 0 Å². The van der Waals surface area contributed by atoms with E-state index in [1.165, 1.54) is 0 Å². The van der Waals surface area contributed by atoms with Crippen molar-refractivity contribution in [1.82, 2.24) is 24.3 Å². The van der Waals surface area contributed by atoms with Crippen molar-refractivity contribution in [2.45, 2.75) is 6.54 Å². The number of aromatic nitrogens is 5. The Labute approximate surface area is 109 Å². The molecule has 0 saturated heterocycles. The summed E-state index contributed by atoms with van der Waals surface area (Å²) in [6.07, 6.45) is 5.19. The number of nitrogens with zero attached hydrogens (tertiary/aromatic N) is 5. The normalized spacial score (nSPS) is 12.2. The van der Waals surface area contributed by atoms with Crippen LogP contribution in [0.3, 0.4) is 0 Å². The van der Waals surface area contributed by atoms with Gasteiger partial charge in [0.2, 0.25) is 0 Å². The van der Waals surface area contributed by atoms with E-state index in [1.54, 1.807) is 12.4 Å². The van der Waals surface area contributed by atoms with Gasteiger partial charge in [-0.1, -0.05) is 18.7 Å². The van der Waals surface area contributed by atoms with Crippen LogP contribution in [-0.2, 0) is 6.54 Å². The van der Waals surface area contributed by atoms with Gasteiger partial charge in [0.1, 0.15) is 12.7 Å². The van der Waals surface area contributed by atoms with Gasteiger partial charge >= 0.3 is 0 Å². The molecule has 19 heavy (non-hydrogen) atoms. The number of benzene rings is 1. The lowest BCUT2D eigenvalue weighted by Gasteiger charge is -2.07. The predicted octanol–water partition coefficient (Wildman–Crippen LogP) is 2.14. The highest BCUT2D eigenvalue weighted by atomic mass is 15.3. The van der Waals surface area contributed by atoms with Crippen LogP contribution in [0.2, 0.25) is 0 Å². The molecule has 1 aliphatic heterocycles. The zero-order chi connectivity index (χ0) is 12.8. The molecule has 0 bridgehead atoms. The van der Waals surface area contributed by atoms with Gasteiger partial charge in [-0.3, -0.25) is 4.57 Å². The van der Waals surface area contributed by atoms with E-state index >= 15 is 0 Å². The molecule has 5 nitrogen and oxygen atoms in total. The molecule has 0 spiro atoms. The molecule has 0 N–H and O–H groups in total. The molecule has 5 heteroatoms. The van der Waals surface area contributed by atoms with Gasteiger partial charge in [-0.2, -0.15) is 5.10 Å². The molecule has 0 radical (unpaired) electrons. The number of fused-ring (bicyclic) bond motifs is 5. The first-order chi connectivity index (χ1) is 9.38. The number of para-hydroxylation sites is 1. The molecule has 2 aromatic heterocycles. The maximum absolute atomic E-state index is 4.40. The molecule has 0 unspecified atom stereocenters. The second-order valence-electron chi connectivity index (χ2n) is 4.41. The monoisotopic (exact) mass is 249 g/mol. The summed E-state index contributed by atoms with van der Waals surface area (Å²) in [5, 5.41) is 4.30. The second-order valence-corrected chi connectivity index (χ2v) is 4.41. The molecule has 0 atom stereocenters. The minimum absolute atomic E-state index is 0.644. The maximum Gasteiger partial charge on any atom is 0.160 e.